The minimum atomic E-state index is 0.705. The van der Waals surface area contributed by atoms with Crippen molar-refractivity contribution >= 4 is 21.6 Å². The second-order valence-corrected chi connectivity index (χ2v) is 3.24. The van der Waals surface area contributed by atoms with Gasteiger partial charge in [0, 0.05) is 0 Å². The van der Waals surface area contributed by atoms with Crippen molar-refractivity contribution < 1.29 is 4.74 Å². The Morgan fingerprint density at radius 3 is 3.25 bits per heavy atom. The van der Waals surface area contributed by atoms with Crippen molar-refractivity contribution in [3.05, 3.63) is 23.7 Å². The molecule has 12 heavy (non-hydrogen) atoms. The van der Waals surface area contributed by atoms with Gasteiger partial charge in [-0.2, -0.15) is 0 Å². The summed E-state index contributed by atoms with van der Waals surface area (Å²) in [6.45, 7) is 2.69. The van der Waals surface area contributed by atoms with Crippen LogP contribution in [0.25, 0.3) is 10.2 Å². The molecule has 2 rings (SSSR count). The van der Waals surface area contributed by atoms with Gasteiger partial charge in [0.05, 0.1) is 22.3 Å². The van der Waals surface area contributed by atoms with Gasteiger partial charge in [-0.1, -0.05) is 6.07 Å². The minimum absolute atomic E-state index is 0.705. The standard InChI is InChI=1S/C9H9NOS/c1-2-11-8-5-3-4-7-9(8)12-6-10-7/h3-6H,2H2,1H3. The first kappa shape index (κ1) is 7.55. The number of nitrogens with zero attached hydrogens (tertiary/aromatic N) is 1. The van der Waals surface area contributed by atoms with Crippen LogP contribution in [0.2, 0.25) is 0 Å². The topological polar surface area (TPSA) is 22.1 Å². The zero-order chi connectivity index (χ0) is 8.39. The van der Waals surface area contributed by atoms with E-state index in [-0.39, 0.29) is 0 Å². The molecule has 0 aliphatic heterocycles. The van der Waals surface area contributed by atoms with Crippen LogP contribution in [-0.2, 0) is 0 Å². The summed E-state index contributed by atoms with van der Waals surface area (Å²) >= 11 is 1.62. The molecule has 1 heterocycles. The molecule has 1 aromatic carbocycles. The van der Waals surface area contributed by atoms with Crippen LogP contribution in [0.15, 0.2) is 23.7 Å². The molecule has 3 heteroatoms. The number of thiazole rings is 1. The Morgan fingerprint density at radius 1 is 1.50 bits per heavy atom. The van der Waals surface area contributed by atoms with E-state index in [2.05, 4.69) is 4.98 Å². The predicted molar refractivity (Wildman–Crippen MR) is 50.8 cm³/mol. The Balaban J connectivity index is 2.57. The molecule has 2 nitrogen and oxygen atoms in total. The van der Waals surface area contributed by atoms with E-state index in [1.165, 1.54) is 0 Å². The molecule has 0 atom stereocenters. The Morgan fingerprint density at radius 2 is 2.42 bits per heavy atom. The molecule has 0 radical (unpaired) electrons. The van der Waals surface area contributed by atoms with Crippen molar-refractivity contribution in [2.45, 2.75) is 6.92 Å². The summed E-state index contributed by atoms with van der Waals surface area (Å²) in [5.74, 6) is 0.942. The van der Waals surface area contributed by atoms with E-state index < -0.39 is 0 Å². The van der Waals surface area contributed by atoms with Crippen LogP contribution >= 0.6 is 11.3 Å². The second kappa shape index (κ2) is 3.11. The lowest BCUT2D eigenvalue weighted by Gasteiger charge is -2.01. The fourth-order valence-electron chi connectivity index (χ4n) is 1.13. The monoisotopic (exact) mass is 179 g/mol. The minimum Gasteiger partial charge on any atom is -0.492 e. The van der Waals surface area contributed by atoms with Crippen molar-refractivity contribution in [1.29, 1.82) is 0 Å². The summed E-state index contributed by atoms with van der Waals surface area (Å²) < 4.78 is 6.59. The van der Waals surface area contributed by atoms with Gasteiger partial charge in [-0.3, -0.25) is 0 Å². The molecule has 0 aliphatic carbocycles. The lowest BCUT2D eigenvalue weighted by molar-refractivity contribution is 0.345. The third-order valence-electron chi connectivity index (χ3n) is 1.62. The van der Waals surface area contributed by atoms with E-state index in [9.17, 15) is 0 Å². The fourth-order valence-corrected chi connectivity index (χ4v) is 1.89. The van der Waals surface area contributed by atoms with E-state index in [1.54, 1.807) is 11.3 Å². The van der Waals surface area contributed by atoms with Crippen LogP contribution < -0.4 is 4.74 Å². The van der Waals surface area contributed by atoms with Gasteiger partial charge in [-0.15, -0.1) is 11.3 Å². The molecule has 0 bridgehead atoms. The molecule has 2 aromatic rings. The number of benzene rings is 1. The van der Waals surface area contributed by atoms with Crippen LogP contribution in [0.1, 0.15) is 6.92 Å². The number of fused-ring (bicyclic) bond motifs is 1. The highest BCUT2D eigenvalue weighted by Crippen LogP contribution is 2.28. The van der Waals surface area contributed by atoms with Crippen molar-refractivity contribution in [1.82, 2.24) is 4.98 Å². The second-order valence-electron chi connectivity index (χ2n) is 2.39. The average Bonchev–Trinajstić information content (AvgIpc) is 2.53. The zero-order valence-corrected chi connectivity index (χ0v) is 7.60. The zero-order valence-electron chi connectivity index (χ0n) is 6.78. The van der Waals surface area contributed by atoms with E-state index in [0.29, 0.717) is 6.61 Å². The number of ether oxygens (including phenoxy) is 1. The third kappa shape index (κ3) is 1.16. The van der Waals surface area contributed by atoms with E-state index >= 15 is 0 Å². The molecule has 1 aromatic heterocycles. The normalized spacial score (nSPS) is 10.4. The summed E-state index contributed by atoms with van der Waals surface area (Å²) in [4.78, 5) is 4.20. The highest BCUT2D eigenvalue weighted by Gasteiger charge is 2.02. The maximum atomic E-state index is 5.45. The SMILES string of the molecule is CCOc1cccc2ncsc12. The third-order valence-corrected chi connectivity index (χ3v) is 2.48. The van der Waals surface area contributed by atoms with Gasteiger partial charge >= 0.3 is 0 Å². The Bertz CT molecular complexity index is 383. The van der Waals surface area contributed by atoms with Gasteiger partial charge < -0.3 is 4.74 Å². The van der Waals surface area contributed by atoms with Crippen LogP contribution in [0.3, 0.4) is 0 Å². The molecule has 0 unspecified atom stereocenters. The summed E-state index contributed by atoms with van der Waals surface area (Å²) in [5, 5.41) is 0. The highest BCUT2D eigenvalue weighted by atomic mass is 32.1. The van der Waals surface area contributed by atoms with Gasteiger partial charge in [0.25, 0.3) is 0 Å². The van der Waals surface area contributed by atoms with Gasteiger partial charge in [-0.05, 0) is 19.1 Å². The first-order chi connectivity index (χ1) is 5.92. The van der Waals surface area contributed by atoms with Gasteiger partial charge in [0.2, 0.25) is 0 Å². The molecule has 0 aliphatic rings. The molecule has 0 amide bonds. The first-order valence-electron chi connectivity index (χ1n) is 3.87. The van der Waals surface area contributed by atoms with Crippen molar-refractivity contribution in [3.63, 3.8) is 0 Å². The molecule has 0 saturated carbocycles. The number of hydrogen-bond donors (Lipinski definition) is 0. The maximum absolute atomic E-state index is 5.45. The summed E-state index contributed by atoms with van der Waals surface area (Å²) in [7, 11) is 0. The van der Waals surface area contributed by atoms with Crippen LogP contribution in [-0.4, -0.2) is 11.6 Å². The predicted octanol–water partition coefficient (Wildman–Crippen LogP) is 2.70. The van der Waals surface area contributed by atoms with E-state index in [0.717, 1.165) is 16.0 Å². The molecular weight excluding hydrogens is 170 g/mol. The quantitative estimate of drug-likeness (QED) is 0.707. The Hall–Kier alpha value is -1.09. The van der Waals surface area contributed by atoms with Crippen LogP contribution in [0, 0.1) is 0 Å². The molecular formula is C9H9NOS. The van der Waals surface area contributed by atoms with E-state index in [1.807, 2.05) is 30.6 Å². The summed E-state index contributed by atoms with van der Waals surface area (Å²) in [6, 6.07) is 5.94. The van der Waals surface area contributed by atoms with Gasteiger partial charge in [0.15, 0.2) is 0 Å². The maximum Gasteiger partial charge on any atom is 0.138 e. The van der Waals surface area contributed by atoms with Crippen molar-refractivity contribution in [2.24, 2.45) is 0 Å². The van der Waals surface area contributed by atoms with Crippen LogP contribution in [0.5, 0.6) is 5.75 Å². The lowest BCUT2D eigenvalue weighted by Crippen LogP contribution is -1.90. The molecule has 0 fully saturated rings. The smallest absolute Gasteiger partial charge is 0.138 e. The van der Waals surface area contributed by atoms with Crippen molar-refractivity contribution in [2.75, 3.05) is 6.61 Å². The number of rotatable bonds is 2. The summed E-state index contributed by atoms with van der Waals surface area (Å²) in [5.41, 5.74) is 2.86. The van der Waals surface area contributed by atoms with Crippen molar-refractivity contribution in [3.8, 4) is 5.75 Å². The van der Waals surface area contributed by atoms with Crippen LogP contribution in [0.4, 0.5) is 0 Å². The fraction of sp³-hybridized carbons (Fsp3) is 0.222. The molecule has 62 valence electrons. The van der Waals surface area contributed by atoms with Gasteiger partial charge in [0.1, 0.15) is 5.75 Å². The molecule has 0 saturated heterocycles. The average molecular weight is 179 g/mol. The highest BCUT2D eigenvalue weighted by molar-refractivity contribution is 7.17. The first-order valence-corrected chi connectivity index (χ1v) is 4.75. The lowest BCUT2D eigenvalue weighted by atomic mass is 10.3. The van der Waals surface area contributed by atoms with E-state index in [4.69, 9.17) is 4.74 Å². The van der Waals surface area contributed by atoms with Gasteiger partial charge in [-0.25, -0.2) is 4.98 Å². The Labute approximate surface area is 74.8 Å². The largest absolute Gasteiger partial charge is 0.492 e. The Kier molecular flexibility index (Phi) is 1.96. The number of aromatic nitrogens is 1. The molecule has 0 N–H and O–H groups in total. The molecule has 0 spiro atoms. The number of hydrogen-bond acceptors (Lipinski definition) is 3. The summed E-state index contributed by atoms with van der Waals surface area (Å²) in [6.07, 6.45) is 0.